The Morgan fingerprint density at radius 1 is 1.31 bits per heavy atom. The number of rotatable bonds is 0. The third-order valence-electron chi connectivity index (χ3n) is 2.03. The monoisotopic (exact) mass is 287 g/mol. The second kappa shape index (κ2) is 3.21. The molecule has 1 heterocycles. The van der Waals surface area contributed by atoms with Crippen LogP contribution >= 0.6 is 22.6 Å². The van der Waals surface area contributed by atoms with Crippen LogP contribution in [-0.2, 0) is 0 Å². The molecular formula is C10H7FIN. The van der Waals surface area contributed by atoms with Crippen molar-refractivity contribution < 1.29 is 4.39 Å². The lowest BCUT2D eigenvalue weighted by Gasteiger charge is -2.04. The fraction of sp³-hybridized carbons (Fsp3) is 0.100. The summed E-state index contributed by atoms with van der Waals surface area (Å²) in [5, 5.41) is 1.57. The lowest BCUT2D eigenvalue weighted by Crippen LogP contribution is -1.88. The van der Waals surface area contributed by atoms with Gasteiger partial charge in [0.05, 0.1) is 0 Å². The van der Waals surface area contributed by atoms with E-state index >= 15 is 0 Å². The average molecular weight is 287 g/mol. The van der Waals surface area contributed by atoms with Crippen LogP contribution in [0.5, 0.6) is 0 Å². The minimum absolute atomic E-state index is 0.202. The lowest BCUT2D eigenvalue weighted by atomic mass is 10.1. The number of aromatic nitrogens is 1. The summed E-state index contributed by atoms with van der Waals surface area (Å²) < 4.78 is 14.3. The highest BCUT2D eigenvalue weighted by Gasteiger charge is 2.05. The van der Waals surface area contributed by atoms with E-state index in [2.05, 4.69) is 27.6 Å². The minimum Gasteiger partial charge on any atom is -0.263 e. The molecule has 66 valence electrons. The van der Waals surface area contributed by atoms with E-state index in [1.807, 2.05) is 6.92 Å². The molecule has 13 heavy (non-hydrogen) atoms. The van der Waals surface area contributed by atoms with Crippen LogP contribution in [-0.4, -0.2) is 4.98 Å². The summed E-state index contributed by atoms with van der Waals surface area (Å²) in [7, 11) is 0. The third-order valence-corrected chi connectivity index (χ3v) is 2.85. The normalized spacial score (nSPS) is 10.7. The molecule has 0 radical (unpaired) electrons. The molecule has 2 rings (SSSR count). The van der Waals surface area contributed by atoms with Crippen molar-refractivity contribution in [2.45, 2.75) is 6.92 Å². The van der Waals surface area contributed by atoms with Crippen LogP contribution in [0.15, 0.2) is 24.5 Å². The Hall–Kier alpha value is -0.710. The van der Waals surface area contributed by atoms with Gasteiger partial charge in [-0.1, -0.05) is 6.07 Å². The van der Waals surface area contributed by atoms with E-state index in [0.717, 1.165) is 14.5 Å². The topological polar surface area (TPSA) is 12.9 Å². The van der Waals surface area contributed by atoms with Gasteiger partial charge in [-0.05, 0) is 41.1 Å². The van der Waals surface area contributed by atoms with Crippen LogP contribution in [0.1, 0.15) is 5.56 Å². The van der Waals surface area contributed by atoms with E-state index in [0.29, 0.717) is 5.39 Å². The van der Waals surface area contributed by atoms with Gasteiger partial charge in [-0.25, -0.2) is 4.39 Å². The van der Waals surface area contributed by atoms with E-state index in [-0.39, 0.29) is 5.82 Å². The van der Waals surface area contributed by atoms with Gasteiger partial charge in [-0.3, -0.25) is 4.98 Å². The Morgan fingerprint density at radius 3 is 2.77 bits per heavy atom. The van der Waals surface area contributed by atoms with Crippen molar-refractivity contribution in [2.75, 3.05) is 0 Å². The number of fused-ring (bicyclic) bond motifs is 1. The molecule has 0 saturated carbocycles. The molecule has 0 bridgehead atoms. The zero-order valence-corrected chi connectivity index (χ0v) is 9.17. The number of nitrogens with zero attached hydrogens (tertiary/aromatic N) is 1. The van der Waals surface area contributed by atoms with Gasteiger partial charge in [0.1, 0.15) is 5.82 Å². The summed E-state index contributed by atoms with van der Waals surface area (Å²) in [5.41, 5.74) is 1.09. The van der Waals surface area contributed by atoms with E-state index in [1.54, 1.807) is 18.5 Å². The number of benzene rings is 1. The highest BCUT2D eigenvalue weighted by atomic mass is 127. The molecule has 0 aliphatic carbocycles. The molecule has 0 saturated heterocycles. The van der Waals surface area contributed by atoms with Gasteiger partial charge < -0.3 is 0 Å². The maximum Gasteiger partial charge on any atom is 0.132 e. The Morgan fingerprint density at radius 2 is 2.08 bits per heavy atom. The van der Waals surface area contributed by atoms with Gasteiger partial charge in [0.15, 0.2) is 0 Å². The molecule has 0 fully saturated rings. The molecule has 0 spiro atoms. The van der Waals surface area contributed by atoms with Crippen molar-refractivity contribution in [3.05, 3.63) is 39.5 Å². The maximum atomic E-state index is 13.3. The molecular weight excluding hydrogens is 280 g/mol. The molecule has 3 heteroatoms. The summed E-state index contributed by atoms with van der Waals surface area (Å²) in [4.78, 5) is 3.97. The standard InChI is InChI=1S/C10H7FIN/c1-6-2-3-8(11)7-4-13-5-9(12)10(6)7/h2-5H,1H3. The third kappa shape index (κ3) is 1.41. The van der Waals surface area contributed by atoms with Crippen LogP contribution in [0, 0.1) is 16.3 Å². The Bertz CT molecular complexity index is 459. The van der Waals surface area contributed by atoms with Gasteiger partial charge in [-0.15, -0.1) is 0 Å². The Kier molecular flexibility index (Phi) is 2.19. The molecule has 2 aromatic rings. The van der Waals surface area contributed by atoms with E-state index in [4.69, 9.17) is 0 Å². The maximum absolute atomic E-state index is 13.3. The first-order valence-corrected chi connectivity index (χ1v) is 4.96. The van der Waals surface area contributed by atoms with Gasteiger partial charge in [0, 0.05) is 26.7 Å². The van der Waals surface area contributed by atoms with Crippen molar-refractivity contribution in [2.24, 2.45) is 0 Å². The highest BCUT2D eigenvalue weighted by Crippen LogP contribution is 2.24. The van der Waals surface area contributed by atoms with Crippen LogP contribution < -0.4 is 0 Å². The second-order valence-corrected chi connectivity index (χ2v) is 4.07. The lowest BCUT2D eigenvalue weighted by molar-refractivity contribution is 0.639. The zero-order chi connectivity index (χ0) is 9.42. The van der Waals surface area contributed by atoms with Crippen molar-refractivity contribution in [1.82, 2.24) is 4.98 Å². The first-order chi connectivity index (χ1) is 6.20. The van der Waals surface area contributed by atoms with Crippen LogP contribution in [0.4, 0.5) is 4.39 Å². The van der Waals surface area contributed by atoms with Crippen LogP contribution in [0.3, 0.4) is 0 Å². The number of halogens is 2. The largest absolute Gasteiger partial charge is 0.263 e. The van der Waals surface area contributed by atoms with Crippen LogP contribution in [0.2, 0.25) is 0 Å². The Balaban J connectivity index is 3.00. The number of hydrogen-bond acceptors (Lipinski definition) is 1. The predicted octanol–water partition coefficient (Wildman–Crippen LogP) is 3.29. The molecule has 0 amide bonds. The first-order valence-electron chi connectivity index (χ1n) is 3.88. The van der Waals surface area contributed by atoms with Crippen LogP contribution in [0.25, 0.3) is 10.8 Å². The molecule has 0 unspecified atom stereocenters. The number of hydrogen-bond donors (Lipinski definition) is 0. The molecule has 1 nitrogen and oxygen atoms in total. The molecule has 0 aliphatic rings. The average Bonchev–Trinajstić information content (AvgIpc) is 2.12. The molecule has 1 aromatic heterocycles. The van der Waals surface area contributed by atoms with Crippen molar-refractivity contribution >= 4 is 33.4 Å². The fourth-order valence-corrected chi connectivity index (χ4v) is 2.26. The molecule has 0 N–H and O–H groups in total. The highest BCUT2D eigenvalue weighted by molar-refractivity contribution is 14.1. The molecule has 0 atom stereocenters. The van der Waals surface area contributed by atoms with E-state index in [1.165, 1.54) is 6.07 Å². The van der Waals surface area contributed by atoms with Crippen molar-refractivity contribution in [3.63, 3.8) is 0 Å². The summed E-state index contributed by atoms with van der Waals surface area (Å²) >= 11 is 2.17. The smallest absolute Gasteiger partial charge is 0.132 e. The second-order valence-electron chi connectivity index (χ2n) is 2.91. The summed E-state index contributed by atoms with van der Waals surface area (Å²) in [5.74, 6) is -0.202. The SMILES string of the molecule is Cc1ccc(F)c2cncc(I)c12. The van der Waals surface area contributed by atoms with Gasteiger partial charge in [0.25, 0.3) is 0 Å². The van der Waals surface area contributed by atoms with Crippen molar-refractivity contribution in [1.29, 1.82) is 0 Å². The minimum atomic E-state index is -0.202. The summed E-state index contributed by atoms with van der Waals surface area (Å²) in [6.07, 6.45) is 3.31. The first kappa shape index (κ1) is 8.87. The van der Waals surface area contributed by atoms with Gasteiger partial charge in [0.2, 0.25) is 0 Å². The molecule has 1 aromatic carbocycles. The van der Waals surface area contributed by atoms with Crippen molar-refractivity contribution in [3.8, 4) is 0 Å². The van der Waals surface area contributed by atoms with Gasteiger partial charge >= 0.3 is 0 Å². The fourth-order valence-electron chi connectivity index (χ4n) is 1.39. The summed E-state index contributed by atoms with van der Waals surface area (Å²) in [6, 6.07) is 3.27. The Labute approximate surface area is 89.1 Å². The van der Waals surface area contributed by atoms with E-state index < -0.39 is 0 Å². The van der Waals surface area contributed by atoms with Gasteiger partial charge in [-0.2, -0.15) is 0 Å². The summed E-state index contributed by atoms with van der Waals surface area (Å²) in [6.45, 7) is 1.98. The quantitative estimate of drug-likeness (QED) is 0.678. The molecule has 0 aliphatic heterocycles. The zero-order valence-electron chi connectivity index (χ0n) is 7.01. The van der Waals surface area contributed by atoms with E-state index in [9.17, 15) is 4.39 Å². The number of pyridine rings is 1. The predicted molar refractivity (Wildman–Crippen MR) is 59.2 cm³/mol. The number of aryl methyl sites for hydroxylation is 1.